The average molecular weight is 560 g/mol. The first-order valence-corrected chi connectivity index (χ1v) is 16.4. The van der Waals surface area contributed by atoms with Crippen molar-refractivity contribution in [3.05, 3.63) is 48.0 Å². The minimum absolute atomic E-state index is 0.0348. The zero-order valence-corrected chi connectivity index (χ0v) is 23.7. The summed E-state index contributed by atoms with van der Waals surface area (Å²) in [6, 6.07) is 12.5. The molecule has 2 unspecified atom stereocenters. The van der Waals surface area contributed by atoms with Crippen molar-refractivity contribution in [1.29, 1.82) is 0 Å². The summed E-state index contributed by atoms with van der Waals surface area (Å²) in [5.41, 5.74) is 1.29. The van der Waals surface area contributed by atoms with Crippen LogP contribution in [0.25, 0.3) is 10.2 Å². The van der Waals surface area contributed by atoms with Crippen LogP contribution in [0, 0.1) is 0 Å². The number of hydrogen-bond acceptors (Lipinski definition) is 7. The van der Waals surface area contributed by atoms with Crippen molar-refractivity contribution in [2.75, 3.05) is 30.9 Å². The van der Waals surface area contributed by atoms with Gasteiger partial charge >= 0.3 is 0 Å². The highest BCUT2D eigenvalue weighted by molar-refractivity contribution is 7.98. The minimum atomic E-state index is -3.60. The van der Waals surface area contributed by atoms with Crippen molar-refractivity contribution in [2.45, 2.75) is 67.4 Å². The molecule has 0 saturated carbocycles. The molecule has 0 aliphatic carbocycles. The van der Waals surface area contributed by atoms with Gasteiger partial charge in [0.15, 0.2) is 5.13 Å². The summed E-state index contributed by atoms with van der Waals surface area (Å²) >= 11 is 3.16. The number of rotatable bonds is 8. The molecule has 2 aliphatic rings. The van der Waals surface area contributed by atoms with Gasteiger partial charge < -0.3 is 4.74 Å². The molecule has 1 aromatic heterocycles. The average Bonchev–Trinajstić information content (AvgIpc) is 3.60. The zero-order chi connectivity index (χ0) is 26.0. The number of hydrogen-bond donors (Lipinski definition) is 0. The van der Waals surface area contributed by atoms with E-state index in [1.807, 2.05) is 25.3 Å². The van der Waals surface area contributed by atoms with Crippen molar-refractivity contribution in [1.82, 2.24) is 9.29 Å². The quantitative estimate of drug-likeness (QED) is 0.325. The number of carbonyl (C=O) groups is 1. The number of sulfonamides is 1. The minimum Gasteiger partial charge on any atom is -0.376 e. The Hall–Kier alpha value is -1.98. The monoisotopic (exact) mass is 559 g/mol. The van der Waals surface area contributed by atoms with E-state index < -0.39 is 10.0 Å². The Morgan fingerprint density at radius 1 is 1.16 bits per heavy atom. The van der Waals surface area contributed by atoms with Gasteiger partial charge in [0.25, 0.3) is 5.91 Å². The third-order valence-electron chi connectivity index (χ3n) is 7.22. The topological polar surface area (TPSA) is 79.8 Å². The fourth-order valence-corrected chi connectivity index (χ4v) is 8.43. The molecule has 2 saturated heterocycles. The van der Waals surface area contributed by atoms with E-state index in [0.29, 0.717) is 30.4 Å². The lowest BCUT2D eigenvalue weighted by molar-refractivity contribution is 0.0917. The van der Waals surface area contributed by atoms with Crippen LogP contribution < -0.4 is 4.90 Å². The Bertz CT molecular complexity index is 1350. The number of carbonyl (C=O) groups excluding carboxylic acids is 1. The predicted molar refractivity (Wildman–Crippen MR) is 150 cm³/mol. The summed E-state index contributed by atoms with van der Waals surface area (Å²) in [5.74, 6) is -0.201. The number of piperidine rings is 1. The molecule has 7 nitrogen and oxygen atoms in total. The SMILES string of the molecule is CCC1CCCCN1S(=O)(=O)c1ccc(C(=O)N(CC2CCCO2)c2nc3ccc(SC)cc3s2)cc1. The van der Waals surface area contributed by atoms with E-state index in [9.17, 15) is 13.2 Å². The van der Waals surface area contributed by atoms with E-state index in [0.717, 1.165) is 53.6 Å². The fourth-order valence-electron chi connectivity index (χ4n) is 5.13. The van der Waals surface area contributed by atoms with Crippen LogP contribution in [-0.4, -0.2) is 61.7 Å². The number of anilines is 1. The lowest BCUT2D eigenvalue weighted by Gasteiger charge is -2.34. The maximum absolute atomic E-state index is 13.8. The van der Waals surface area contributed by atoms with Crippen LogP contribution in [0.1, 0.15) is 55.8 Å². The number of aromatic nitrogens is 1. The molecule has 1 amide bonds. The molecule has 2 atom stereocenters. The molecule has 2 aromatic carbocycles. The van der Waals surface area contributed by atoms with Crippen LogP contribution in [0.15, 0.2) is 52.3 Å². The maximum Gasteiger partial charge on any atom is 0.260 e. The standard InChI is InChI=1S/C27H33N3O4S3/c1-3-20-7-4-5-15-30(20)37(32,33)23-12-9-19(10-13-23)26(31)29(18-21-8-6-16-34-21)27-28-24-14-11-22(35-2)17-25(24)36-27/h9-14,17,20-21H,3-8,15-16,18H2,1-2H3. The first kappa shape index (κ1) is 26.6. The number of fused-ring (bicyclic) bond motifs is 1. The highest BCUT2D eigenvalue weighted by atomic mass is 32.2. The predicted octanol–water partition coefficient (Wildman–Crippen LogP) is 5.80. The molecule has 0 bridgehead atoms. The second kappa shape index (κ2) is 11.4. The smallest absolute Gasteiger partial charge is 0.260 e. The van der Waals surface area contributed by atoms with Crippen molar-refractivity contribution < 1.29 is 17.9 Å². The van der Waals surface area contributed by atoms with Gasteiger partial charge in [0.1, 0.15) is 0 Å². The first-order valence-electron chi connectivity index (χ1n) is 12.9. The van der Waals surface area contributed by atoms with E-state index in [4.69, 9.17) is 9.72 Å². The van der Waals surface area contributed by atoms with Gasteiger partial charge in [0, 0.05) is 29.7 Å². The summed E-state index contributed by atoms with van der Waals surface area (Å²) in [7, 11) is -3.60. The van der Waals surface area contributed by atoms with Gasteiger partial charge in [-0.1, -0.05) is 24.7 Å². The van der Waals surface area contributed by atoms with Crippen LogP contribution in [0.2, 0.25) is 0 Å². The third kappa shape index (κ3) is 5.59. The number of ether oxygens (including phenoxy) is 1. The van der Waals surface area contributed by atoms with Crippen molar-refractivity contribution in [2.24, 2.45) is 0 Å². The highest BCUT2D eigenvalue weighted by Gasteiger charge is 2.33. The molecule has 2 fully saturated rings. The van der Waals surface area contributed by atoms with Crippen LogP contribution in [-0.2, 0) is 14.8 Å². The molecule has 0 N–H and O–H groups in total. The number of nitrogens with zero attached hydrogens (tertiary/aromatic N) is 3. The van der Waals surface area contributed by atoms with Crippen molar-refractivity contribution in [3.8, 4) is 0 Å². The van der Waals surface area contributed by atoms with E-state index in [2.05, 4.69) is 6.07 Å². The molecule has 0 radical (unpaired) electrons. The molecule has 0 spiro atoms. The van der Waals surface area contributed by atoms with Gasteiger partial charge in [-0.2, -0.15) is 4.31 Å². The molecular formula is C27H33N3O4S3. The lowest BCUT2D eigenvalue weighted by atomic mass is 10.0. The maximum atomic E-state index is 13.8. The summed E-state index contributed by atoms with van der Waals surface area (Å²) < 4.78 is 35.3. The van der Waals surface area contributed by atoms with Crippen LogP contribution in [0.4, 0.5) is 5.13 Å². The lowest BCUT2D eigenvalue weighted by Crippen LogP contribution is -2.43. The largest absolute Gasteiger partial charge is 0.376 e. The Morgan fingerprint density at radius 2 is 1.97 bits per heavy atom. The number of thioether (sulfide) groups is 1. The van der Waals surface area contributed by atoms with E-state index in [1.165, 1.54) is 11.3 Å². The summed E-state index contributed by atoms with van der Waals surface area (Å²) in [6.07, 6.45) is 7.51. The normalized spacial score (nSPS) is 20.9. The molecule has 10 heteroatoms. The second-order valence-corrected chi connectivity index (χ2v) is 13.4. The molecule has 3 aromatic rings. The van der Waals surface area contributed by atoms with Gasteiger partial charge in [-0.3, -0.25) is 9.69 Å². The van der Waals surface area contributed by atoms with Crippen LogP contribution >= 0.6 is 23.1 Å². The molecular weight excluding hydrogens is 527 g/mol. The summed E-state index contributed by atoms with van der Waals surface area (Å²) in [6.45, 7) is 3.70. The number of benzene rings is 2. The van der Waals surface area contributed by atoms with E-state index >= 15 is 0 Å². The van der Waals surface area contributed by atoms with Gasteiger partial charge in [-0.15, -0.1) is 11.8 Å². The van der Waals surface area contributed by atoms with Crippen molar-refractivity contribution >= 4 is 54.4 Å². The fraction of sp³-hybridized carbons (Fsp3) is 0.481. The van der Waals surface area contributed by atoms with E-state index in [1.54, 1.807) is 45.2 Å². The molecule has 198 valence electrons. The van der Waals surface area contributed by atoms with Gasteiger partial charge in [0.2, 0.25) is 10.0 Å². The Morgan fingerprint density at radius 3 is 2.68 bits per heavy atom. The van der Waals surface area contributed by atoms with Crippen LogP contribution in [0.3, 0.4) is 0 Å². The molecule has 5 rings (SSSR count). The van der Waals surface area contributed by atoms with Crippen LogP contribution in [0.5, 0.6) is 0 Å². The number of thiazole rings is 1. The molecule has 37 heavy (non-hydrogen) atoms. The van der Waals surface area contributed by atoms with E-state index in [-0.39, 0.29) is 22.9 Å². The van der Waals surface area contributed by atoms with Gasteiger partial charge in [0.05, 0.1) is 27.8 Å². The highest BCUT2D eigenvalue weighted by Crippen LogP contribution is 2.33. The summed E-state index contributed by atoms with van der Waals surface area (Å²) in [4.78, 5) is 21.6. The molecule has 3 heterocycles. The Kier molecular flexibility index (Phi) is 8.21. The molecule has 2 aliphatic heterocycles. The number of amides is 1. The van der Waals surface area contributed by atoms with Gasteiger partial charge in [-0.05, 0) is 80.8 Å². The summed E-state index contributed by atoms with van der Waals surface area (Å²) in [5, 5.41) is 0.629. The van der Waals surface area contributed by atoms with Crippen molar-refractivity contribution in [3.63, 3.8) is 0 Å². The third-order valence-corrected chi connectivity index (χ3v) is 11.0. The first-order chi connectivity index (χ1) is 17.9. The Balaban J connectivity index is 1.43. The second-order valence-electron chi connectivity index (χ2n) is 9.58. The Labute approximate surface area is 227 Å². The zero-order valence-electron chi connectivity index (χ0n) is 21.3. The van der Waals surface area contributed by atoms with Gasteiger partial charge in [-0.25, -0.2) is 13.4 Å².